The van der Waals surface area contributed by atoms with E-state index in [2.05, 4.69) is 9.97 Å². The van der Waals surface area contributed by atoms with Crippen LogP contribution in [0.4, 0.5) is 0 Å². The van der Waals surface area contributed by atoms with Crippen molar-refractivity contribution in [2.75, 3.05) is 13.1 Å². The molecule has 0 bridgehead atoms. The summed E-state index contributed by atoms with van der Waals surface area (Å²) < 4.78 is 34.0. The number of piperidine rings is 1. The van der Waals surface area contributed by atoms with Crippen LogP contribution < -0.4 is 4.74 Å². The Balaban J connectivity index is 1.49. The van der Waals surface area contributed by atoms with Crippen LogP contribution in [-0.4, -0.2) is 41.9 Å². The fourth-order valence-electron chi connectivity index (χ4n) is 3.66. The van der Waals surface area contributed by atoms with Crippen molar-refractivity contribution in [1.29, 1.82) is 0 Å². The van der Waals surface area contributed by atoms with Crippen LogP contribution in [0.15, 0.2) is 53.4 Å². The van der Waals surface area contributed by atoms with Gasteiger partial charge in [0, 0.05) is 30.2 Å². The highest BCUT2D eigenvalue weighted by atomic mass is 32.2. The van der Waals surface area contributed by atoms with Crippen molar-refractivity contribution in [3.05, 3.63) is 60.0 Å². The minimum atomic E-state index is -3.55. The molecule has 0 atom stereocenters. The molecule has 28 heavy (non-hydrogen) atoms. The lowest BCUT2D eigenvalue weighted by Gasteiger charge is -2.31. The molecule has 1 saturated heterocycles. The molecule has 6 nitrogen and oxygen atoms in total. The number of nitrogens with zero attached hydrogens (tertiary/aromatic N) is 3. The highest BCUT2D eigenvalue weighted by Crippen LogP contribution is 2.28. The van der Waals surface area contributed by atoms with Crippen molar-refractivity contribution in [3.8, 4) is 5.88 Å². The van der Waals surface area contributed by atoms with Crippen molar-refractivity contribution < 1.29 is 13.2 Å². The van der Waals surface area contributed by atoms with Gasteiger partial charge in [0.1, 0.15) is 11.9 Å². The average Bonchev–Trinajstić information content (AvgIpc) is 2.67. The summed E-state index contributed by atoms with van der Waals surface area (Å²) in [5.41, 5.74) is 0.860. The average molecular weight is 398 g/mol. The molecule has 0 N–H and O–H groups in total. The number of ether oxygens (including phenoxy) is 1. The number of rotatable bonds is 4. The Morgan fingerprint density at radius 3 is 2.46 bits per heavy atom. The van der Waals surface area contributed by atoms with E-state index in [0.717, 1.165) is 16.5 Å². The second-order valence-electron chi connectivity index (χ2n) is 7.09. The lowest BCUT2D eigenvalue weighted by atomic mass is 10.1. The lowest BCUT2D eigenvalue weighted by molar-refractivity contribution is 0.129. The normalized spacial score (nSPS) is 16.4. The molecule has 146 valence electrons. The van der Waals surface area contributed by atoms with Crippen molar-refractivity contribution in [2.24, 2.45) is 0 Å². The van der Waals surface area contributed by atoms with Crippen LogP contribution in [0.5, 0.6) is 5.88 Å². The first kappa shape index (κ1) is 18.8. The molecule has 0 unspecified atom stereocenters. The topological polar surface area (TPSA) is 72.4 Å². The van der Waals surface area contributed by atoms with Crippen LogP contribution in [0.2, 0.25) is 0 Å². The highest BCUT2D eigenvalue weighted by molar-refractivity contribution is 7.89. The standard InChI is InChI=1S/C21H23N3O3S/c1-15-14-21(23-16(2)22-15)27-18-10-12-24(13-11-18)28(25,26)20-9-5-7-17-6-3-4-8-19(17)20/h3-9,14,18H,10-13H2,1-2H3. The number of hydrogen-bond acceptors (Lipinski definition) is 5. The molecule has 2 aromatic carbocycles. The van der Waals surface area contributed by atoms with E-state index in [1.54, 1.807) is 16.4 Å². The maximum absolute atomic E-state index is 13.2. The Bertz CT molecular complexity index is 1080. The van der Waals surface area contributed by atoms with Crippen molar-refractivity contribution >= 4 is 20.8 Å². The summed E-state index contributed by atoms with van der Waals surface area (Å²) in [6.07, 6.45) is 1.21. The zero-order valence-corrected chi connectivity index (χ0v) is 16.8. The van der Waals surface area contributed by atoms with Crippen LogP contribution >= 0.6 is 0 Å². The number of hydrogen-bond donors (Lipinski definition) is 0. The molecule has 1 aromatic heterocycles. The molecule has 3 aromatic rings. The molecule has 2 heterocycles. The molecule has 1 fully saturated rings. The first-order valence-corrected chi connectivity index (χ1v) is 10.8. The third-order valence-electron chi connectivity index (χ3n) is 5.00. The zero-order chi connectivity index (χ0) is 19.7. The highest BCUT2D eigenvalue weighted by Gasteiger charge is 2.31. The van der Waals surface area contributed by atoms with E-state index in [1.165, 1.54) is 0 Å². The maximum atomic E-state index is 13.2. The Labute approximate surface area is 165 Å². The Morgan fingerprint density at radius 1 is 1.00 bits per heavy atom. The van der Waals surface area contributed by atoms with Gasteiger partial charge in [-0.25, -0.2) is 13.4 Å². The third kappa shape index (κ3) is 3.72. The third-order valence-corrected chi connectivity index (χ3v) is 6.96. The van der Waals surface area contributed by atoms with E-state index in [1.807, 2.05) is 50.2 Å². The summed E-state index contributed by atoms with van der Waals surface area (Å²) in [6, 6.07) is 14.8. The molecule has 4 rings (SSSR count). The van der Waals surface area contributed by atoms with E-state index >= 15 is 0 Å². The van der Waals surface area contributed by atoms with Crippen LogP contribution in [0.25, 0.3) is 10.8 Å². The van der Waals surface area contributed by atoms with Gasteiger partial charge in [-0.05, 0) is 38.1 Å². The molecular weight excluding hydrogens is 374 g/mol. The summed E-state index contributed by atoms with van der Waals surface area (Å²) in [5, 5.41) is 1.69. The van der Waals surface area contributed by atoms with E-state index in [0.29, 0.717) is 42.5 Å². The fourth-order valence-corrected chi connectivity index (χ4v) is 5.35. The number of sulfonamides is 1. The second kappa shape index (κ2) is 7.48. The summed E-state index contributed by atoms with van der Waals surface area (Å²) in [7, 11) is -3.55. The molecule has 0 saturated carbocycles. The number of aromatic nitrogens is 2. The number of benzene rings is 2. The van der Waals surface area contributed by atoms with Crippen molar-refractivity contribution in [3.63, 3.8) is 0 Å². The van der Waals surface area contributed by atoms with Crippen LogP contribution in [0.3, 0.4) is 0 Å². The van der Waals surface area contributed by atoms with Crippen LogP contribution in [-0.2, 0) is 10.0 Å². The second-order valence-corrected chi connectivity index (χ2v) is 9.00. The van der Waals surface area contributed by atoms with Gasteiger partial charge in [-0.15, -0.1) is 0 Å². The minimum absolute atomic E-state index is 0.0485. The quantitative estimate of drug-likeness (QED) is 0.674. The Morgan fingerprint density at radius 2 is 1.71 bits per heavy atom. The van der Waals surface area contributed by atoms with Crippen LogP contribution in [0.1, 0.15) is 24.4 Å². The monoisotopic (exact) mass is 397 g/mol. The molecule has 1 aliphatic rings. The summed E-state index contributed by atoms with van der Waals surface area (Å²) in [6.45, 7) is 4.60. The minimum Gasteiger partial charge on any atom is -0.474 e. The SMILES string of the molecule is Cc1cc(OC2CCN(S(=O)(=O)c3cccc4ccccc34)CC2)nc(C)n1. The largest absolute Gasteiger partial charge is 0.474 e. The predicted molar refractivity (Wildman–Crippen MR) is 108 cm³/mol. The number of aryl methyl sites for hydroxylation is 2. The first-order valence-electron chi connectivity index (χ1n) is 9.40. The van der Waals surface area contributed by atoms with Crippen LogP contribution in [0, 0.1) is 13.8 Å². The fraction of sp³-hybridized carbons (Fsp3) is 0.333. The first-order chi connectivity index (χ1) is 13.4. The summed E-state index contributed by atoms with van der Waals surface area (Å²) in [5.74, 6) is 1.23. The lowest BCUT2D eigenvalue weighted by Crippen LogP contribution is -2.41. The van der Waals surface area contributed by atoms with Gasteiger partial charge in [0.2, 0.25) is 15.9 Å². The van der Waals surface area contributed by atoms with Gasteiger partial charge in [-0.3, -0.25) is 0 Å². The van der Waals surface area contributed by atoms with Crippen molar-refractivity contribution in [1.82, 2.24) is 14.3 Å². The zero-order valence-electron chi connectivity index (χ0n) is 16.0. The van der Waals surface area contributed by atoms with Gasteiger partial charge in [-0.2, -0.15) is 9.29 Å². The number of fused-ring (bicyclic) bond motifs is 1. The summed E-state index contributed by atoms with van der Waals surface area (Å²) >= 11 is 0. The predicted octanol–water partition coefficient (Wildman–Crippen LogP) is 3.48. The molecule has 1 aliphatic heterocycles. The molecular formula is C21H23N3O3S. The van der Waals surface area contributed by atoms with E-state index in [4.69, 9.17) is 4.74 Å². The van der Waals surface area contributed by atoms with Gasteiger partial charge < -0.3 is 4.74 Å². The Kier molecular flexibility index (Phi) is 5.03. The molecule has 0 radical (unpaired) electrons. The van der Waals surface area contributed by atoms with E-state index in [9.17, 15) is 8.42 Å². The van der Waals surface area contributed by atoms with E-state index in [-0.39, 0.29) is 6.10 Å². The van der Waals surface area contributed by atoms with Gasteiger partial charge in [-0.1, -0.05) is 36.4 Å². The van der Waals surface area contributed by atoms with E-state index < -0.39 is 10.0 Å². The molecule has 0 amide bonds. The molecule has 0 spiro atoms. The maximum Gasteiger partial charge on any atom is 0.243 e. The van der Waals surface area contributed by atoms with Crippen molar-refractivity contribution in [2.45, 2.75) is 37.7 Å². The van der Waals surface area contributed by atoms with Gasteiger partial charge >= 0.3 is 0 Å². The van der Waals surface area contributed by atoms with Gasteiger partial charge in [0.25, 0.3) is 0 Å². The van der Waals surface area contributed by atoms with Gasteiger partial charge in [0.15, 0.2) is 0 Å². The summed E-state index contributed by atoms with van der Waals surface area (Å²) in [4.78, 5) is 8.93. The molecule has 7 heteroatoms. The van der Waals surface area contributed by atoms with Gasteiger partial charge in [0.05, 0.1) is 4.90 Å². The molecule has 0 aliphatic carbocycles. The smallest absolute Gasteiger partial charge is 0.243 e. The Hall–Kier alpha value is -2.51.